The van der Waals surface area contributed by atoms with Gasteiger partial charge in [-0.25, -0.2) is 0 Å². The Morgan fingerprint density at radius 1 is 1.15 bits per heavy atom. The number of alkyl halides is 3. The van der Waals surface area contributed by atoms with E-state index >= 15 is 0 Å². The molecule has 0 saturated heterocycles. The van der Waals surface area contributed by atoms with Crippen LogP contribution in [0.2, 0.25) is 5.02 Å². The van der Waals surface area contributed by atoms with Crippen molar-refractivity contribution in [1.82, 2.24) is 0 Å². The predicted molar refractivity (Wildman–Crippen MR) is 98.9 cm³/mol. The Morgan fingerprint density at radius 3 is 2.44 bits per heavy atom. The van der Waals surface area contributed by atoms with Gasteiger partial charge >= 0.3 is 6.18 Å². The number of carbonyl (C=O) groups is 2. The molecule has 4 nitrogen and oxygen atoms in total. The number of carbonyl (C=O) groups excluding carboxylic acids is 2. The SMILES string of the molecule is CC(=O)N(CCC(=O)Nc1cccc(C)c1)c1cc(C(F)(F)F)ccc1Cl. The van der Waals surface area contributed by atoms with E-state index in [1.54, 1.807) is 18.2 Å². The molecule has 0 heterocycles. The third-order valence-electron chi connectivity index (χ3n) is 3.81. The van der Waals surface area contributed by atoms with E-state index in [2.05, 4.69) is 5.32 Å². The van der Waals surface area contributed by atoms with Gasteiger partial charge in [-0.15, -0.1) is 0 Å². The summed E-state index contributed by atoms with van der Waals surface area (Å²) in [5.74, 6) is -0.880. The van der Waals surface area contributed by atoms with E-state index in [-0.39, 0.29) is 29.6 Å². The van der Waals surface area contributed by atoms with Crippen molar-refractivity contribution >= 4 is 34.8 Å². The maximum Gasteiger partial charge on any atom is 0.416 e. The van der Waals surface area contributed by atoms with Crippen molar-refractivity contribution in [2.45, 2.75) is 26.4 Å². The Kier molecular flexibility index (Phi) is 6.49. The average molecular weight is 399 g/mol. The standard InChI is InChI=1S/C19H18ClF3N2O2/c1-12-4-3-5-15(10-12)24-18(27)8-9-25(13(2)26)17-11-14(19(21,22)23)6-7-16(17)20/h3-7,10-11H,8-9H2,1-2H3,(H,24,27). The third-order valence-corrected chi connectivity index (χ3v) is 4.13. The molecule has 0 fully saturated rings. The second-order valence-electron chi connectivity index (χ2n) is 6.00. The number of hydrogen-bond acceptors (Lipinski definition) is 2. The summed E-state index contributed by atoms with van der Waals surface area (Å²) < 4.78 is 38.8. The molecule has 0 aliphatic rings. The molecule has 27 heavy (non-hydrogen) atoms. The molecule has 0 bridgehead atoms. The molecule has 8 heteroatoms. The lowest BCUT2D eigenvalue weighted by atomic mass is 10.1. The first-order valence-electron chi connectivity index (χ1n) is 8.09. The van der Waals surface area contributed by atoms with Crippen LogP contribution in [0.4, 0.5) is 24.5 Å². The highest BCUT2D eigenvalue weighted by atomic mass is 35.5. The van der Waals surface area contributed by atoms with Crippen molar-refractivity contribution in [3.05, 3.63) is 58.6 Å². The van der Waals surface area contributed by atoms with Crippen molar-refractivity contribution in [2.24, 2.45) is 0 Å². The van der Waals surface area contributed by atoms with Crippen LogP contribution in [0, 0.1) is 6.92 Å². The minimum absolute atomic E-state index is 0.00251. The first kappa shape index (κ1) is 20.8. The molecule has 2 aromatic carbocycles. The molecule has 0 atom stereocenters. The first-order chi connectivity index (χ1) is 12.6. The van der Waals surface area contributed by atoms with Gasteiger partial charge in [0.25, 0.3) is 0 Å². The molecule has 1 N–H and O–H groups in total. The number of halogens is 4. The van der Waals surface area contributed by atoms with Gasteiger partial charge in [0.05, 0.1) is 16.3 Å². The average Bonchev–Trinajstić information content (AvgIpc) is 2.55. The van der Waals surface area contributed by atoms with Crippen LogP contribution in [0.25, 0.3) is 0 Å². The van der Waals surface area contributed by atoms with E-state index in [4.69, 9.17) is 11.6 Å². The van der Waals surface area contributed by atoms with E-state index in [0.717, 1.165) is 28.7 Å². The van der Waals surface area contributed by atoms with Crippen molar-refractivity contribution < 1.29 is 22.8 Å². The first-order valence-corrected chi connectivity index (χ1v) is 8.47. The maximum atomic E-state index is 12.9. The second-order valence-corrected chi connectivity index (χ2v) is 6.41. The quantitative estimate of drug-likeness (QED) is 0.766. The molecule has 0 aliphatic heterocycles. The number of nitrogens with zero attached hydrogens (tertiary/aromatic N) is 1. The number of benzene rings is 2. The molecule has 0 spiro atoms. The fourth-order valence-electron chi connectivity index (χ4n) is 2.50. The van der Waals surface area contributed by atoms with E-state index in [1.807, 2.05) is 13.0 Å². The highest BCUT2D eigenvalue weighted by Crippen LogP contribution is 2.35. The number of aryl methyl sites for hydroxylation is 1. The molecule has 0 radical (unpaired) electrons. The number of amides is 2. The summed E-state index contributed by atoms with van der Waals surface area (Å²) in [6.45, 7) is 2.98. The number of hydrogen-bond donors (Lipinski definition) is 1. The zero-order chi connectivity index (χ0) is 20.2. The number of rotatable bonds is 5. The summed E-state index contributed by atoms with van der Waals surface area (Å²) in [5, 5.41) is 2.69. The highest BCUT2D eigenvalue weighted by molar-refractivity contribution is 6.33. The molecule has 0 aliphatic carbocycles. The van der Waals surface area contributed by atoms with E-state index in [0.29, 0.717) is 5.69 Å². The molecule has 0 unspecified atom stereocenters. The minimum atomic E-state index is -4.57. The van der Waals surface area contributed by atoms with Crippen LogP contribution in [0.15, 0.2) is 42.5 Å². The van der Waals surface area contributed by atoms with Crippen molar-refractivity contribution in [3.63, 3.8) is 0 Å². The van der Waals surface area contributed by atoms with Crippen LogP contribution < -0.4 is 10.2 Å². The highest BCUT2D eigenvalue weighted by Gasteiger charge is 2.32. The van der Waals surface area contributed by atoms with Crippen LogP contribution in [-0.2, 0) is 15.8 Å². The normalized spacial score (nSPS) is 11.2. The monoisotopic (exact) mass is 398 g/mol. The molecule has 2 rings (SSSR count). The van der Waals surface area contributed by atoms with Gasteiger partial charge in [-0.2, -0.15) is 13.2 Å². The summed E-state index contributed by atoms with van der Waals surface area (Å²) in [7, 11) is 0. The molecule has 0 saturated carbocycles. The lowest BCUT2D eigenvalue weighted by molar-refractivity contribution is -0.137. The molecule has 2 aromatic rings. The van der Waals surface area contributed by atoms with Crippen molar-refractivity contribution in [3.8, 4) is 0 Å². The largest absolute Gasteiger partial charge is 0.416 e. The smallest absolute Gasteiger partial charge is 0.326 e. The van der Waals surface area contributed by atoms with Crippen molar-refractivity contribution in [1.29, 1.82) is 0 Å². The van der Waals surface area contributed by atoms with Gasteiger partial charge in [-0.05, 0) is 42.8 Å². The van der Waals surface area contributed by atoms with Gasteiger partial charge in [-0.3, -0.25) is 9.59 Å². The van der Waals surface area contributed by atoms with Crippen LogP contribution in [-0.4, -0.2) is 18.4 Å². The predicted octanol–water partition coefficient (Wildman–Crippen LogP) is 5.05. The Morgan fingerprint density at radius 2 is 1.85 bits per heavy atom. The zero-order valence-corrected chi connectivity index (χ0v) is 15.5. The van der Waals surface area contributed by atoms with E-state index < -0.39 is 17.6 Å². The Labute approximate surface area is 159 Å². The van der Waals surface area contributed by atoms with Gasteiger partial charge in [0.1, 0.15) is 0 Å². The van der Waals surface area contributed by atoms with Crippen LogP contribution >= 0.6 is 11.6 Å². The molecule has 2 amide bonds. The summed E-state index contributed by atoms with van der Waals surface area (Å²) >= 11 is 5.99. The Balaban J connectivity index is 2.14. The topological polar surface area (TPSA) is 49.4 Å². The Bertz CT molecular complexity index is 853. The minimum Gasteiger partial charge on any atom is -0.326 e. The van der Waals surface area contributed by atoms with Gasteiger partial charge in [0.2, 0.25) is 11.8 Å². The lowest BCUT2D eigenvalue weighted by Gasteiger charge is -2.23. The molecular weight excluding hydrogens is 381 g/mol. The molecule has 0 aromatic heterocycles. The summed E-state index contributed by atoms with van der Waals surface area (Å²) in [4.78, 5) is 25.1. The summed E-state index contributed by atoms with van der Waals surface area (Å²) in [6, 6.07) is 9.90. The summed E-state index contributed by atoms with van der Waals surface area (Å²) in [5.41, 5.74) is 0.570. The van der Waals surface area contributed by atoms with Crippen LogP contribution in [0.1, 0.15) is 24.5 Å². The van der Waals surface area contributed by atoms with Gasteiger partial charge in [-0.1, -0.05) is 23.7 Å². The van der Waals surface area contributed by atoms with E-state index in [9.17, 15) is 22.8 Å². The molecule has 144 valence electrons. The number of nitrogens with one attached hydrogen (secondary N) is 1. The number of anilines is 2. The molecular formula is C19H18ClF3N2O2. The summed E-state index contributed by atoms with van der Waals surface area (Å²) in [6.07, 6.45) is -4.66. The van der Waals surface area contributed by atoms with Crippen LogP contribution in [0.3, 0.4) is 0 Å². The van der Waals surface area contributed by atoms with Gasteiger partial charge in [0, 0.05) is 25.6 Å². The zero-order valence-electron chi connectivity index (χ0n) is 14.7. The van der Waals surface area contributed by atoms with Gasteiger partial charge < -0.3 is 10.2 Å². The second kappa shape index (κ2) is 8.43. The van der Waals surface area contributed by atoms with Crippen LogP contribution in [0.5, 0.6) is 0 Å². The third kappa shape index (κ3) is 5.72. The Hall–Kier alpha value is -2.54. The van der Waals surface area contributed by atoms with Gasteiger partial charge in [0.15, 0.2) is 0 Å². The lowest BCUT2D eigenvalue weighted by Crippen LogP contribution is -2.32. The van der Waals surface area contributed by atoms with E-state index in [1.165, 1.54) is 6.92 Å². The fraction of sp³-hybridized carbons (Fsp3) is 0.263. The fourth-order valence-corrected chi connectivity index (χ4v) is 2.72. The maximum absolute atomic E-state index is 12.9. The van der Waals surface area contributed by atoms with Crippen molar-refractivity contribution in [2.75, 3.05) is 16.8 Å².